The Bertz CT molecular complexity index is 451. The van der Waals surface area contributed by atoms with E-state index in [1.54, 1.807) is 4.90 Å². The van der Waals surface area contributed by atoms with Gasteiger partial charge in [0.25, 0.3) is 5.82 Å². The molecule has 0 atom stereocenters. The molecule has 0 amide bonds. The van der Waals surface area contributed by atoms with Crippen molar-refractivity contribution in [3.63, 3.8) is 0 Å². The minimum atomic E-state index is -4.56. The van der Waals surface area contributed by atoms with Gasteiger partial charge in [0.1, 0.15) is 12.4 Å². The Morgan fingerprint density at radius 2 is 2.11 bits per heavy atom. The van der Waals surface area contributed by atoms with Crippen molar-refractivity contribution in [2.45, 2.75) is 12.7 Å². The van der Waals surface area contributed by atoms with Crippen LogP contribution in [0.3, 0.4) is 0 Å². The Balaban J connectivity index is 1.95. The summed E-state index contributed by atoms with van der Waals surface area (Å²) in [7, 11) is 0. The molecule has 1 aliphatic heterocycles. The Morgan fingerprint density at radius 1 is 1.42 bits per heavy atom. The first kappa shape index (κ1) is 13.6. The number of hydrogen-bond donors (Lipinski definition) is 2. The van der Waals surface area contributed by atoms with Crippen LogP contribution in [0.2, 0.25) is 0 Å². The molecule has 0 aromatic carbocycles. The number of aromatic nitrogens is 3. The Kier molecular flexibility index (Phi) is 3.88. The van der Waals surface area contributed by atoms with E-state index < -0.39 is 12.0 Å². The van der Waals surface area contributed by atoms with Crippen molar-refractivity contribution in [2.75, 3.05) is 26.3 Å². The number of morpholine rings is 1. The van der Waals surface area contributed by atoms with Gasteiger partial charge in [-0.2, -0.15) is 13.2 Å². The first-order chi connectivity index (χ1) is 8.97. The van der Waals surface area contributed by atoms with E-state index in [-0.39, 0.29) is 18.3 Å². The first-order valence-electron chi connectivity index (χ1n) is 5.58. The van der Waals surface area contributed by atoms with Crippen molar-refractivity contribution in [3.05, 3.63) is 11.6 Å². The molecule has 2 rings (SSSR count). The van der Waals surface area contributed by atoms with E-state index in [9.17, 15) is 13.2 Å². The summed E-state index contributed by atoms with van der Waals surface area (Å²) in [6.45, 7) is 2.25. The topological polar surface area (TPSA) is 92.4 Å². The van der Waals surface area contributed by atoms with Crippen LogP contribution in [0, 0.1) is 0 Å². The molecule has 3 N–H and O–H groups in total. The average Bonchev–Trinajstić information content (AvgIpc) is 2.86. The van der Waals surface area contributed by atoms with E-state index in [4.69, 9.17) is 10.5 Å². The molecule has 0 unspecified atom stereocenters. The highest BCUT2D eigenvalue weighted by atomic mass is 19.4. The molecule has 2 heterocycles. The molecule has 10 heteroatoms. The molecule has 0 bridgehead atoms. The van der Waals surface area contributed by atoms with E-state index in [0.717, 1.165) is 0 Å². The standard InChI is InChI=1S/C9H13F3N6O/c10-9(11,12)7-15-6(16-17-7)5-14-8(13)18-1-3-19-4-2-18/h1-5H2,(H2,13,14)(H,15,16,17). The molecular weight excluding hydrogens is 265 g/mol. The van der Waals surface area contributed by atoms with Crippen LogP contribution < -0.4 is 5.73 Å². The quantitative estimate of drug-likeness (QED) is 0.585. The molecule has 1 aromatic rings. The number of halogens is 3. The summed E-state index contributed by atoms with van der Waals surface area (Å²) in [5.74, 6) is -0.931. The van der Waals surface area contributed by atoms with Crippen molar-refractivity contribution in [1.82, 2.24) is 20.1 Å². The van der Waals surface area contributed by atoms with Gasteiger partial charge in [0.15, 0.2) is 5.96 Å². The van der Waals surface area contributed by atoms with Gasteiger partial charge in [0.05, 0.1) is 13.2 Å². The second kappa shape index (κ2) is 5.43. The highest BCUT2D eigenvalue weighted by Crippen LogP contribution is 2.25. The normalized spacial score (nSPS) is 17.8. The number of nitrogens with zero attached hydrogens (tertiary/aromatic N) is 4. The highest BCUT2D eigenvalue weighted by Gasteiger charge is 2.35. The molecule has 0 spiro atoms. The average molecular weight is 278 g/mol. The number of ether oxygens (including phenoxy) is 1. The fourth-order valence-electron chi connectivity index (χ4n) is 1.54. The van der Waals surface area contributed by atoms with Crippen LogP contribution >= 0.6 is 0 Å². The summed E-state index contributed by atoms with van der Waals surface area (Å²) in [6.07, 6.45) is -4.56. The molecule has 106 valence electrons. The van der Waals surface area contributed by atoms with Gasteiger partial charge in [0.2, 0.25) is 0 Å². The van der Waals surface area contributed by atoms with Gasteiger partial charge in [-0.15, -0.1) is 5.10 Å². The van der Waals surface area contributed by atoms with Gasteiger partial charge < -0.3 is 15.4 Å². The number of alkyl halides is 3. The summed E-state index contributed by atoms with van der Waals surface area (Å²) in [5.41, 5.74) is 5.72. The third-order valence-corrected chi connectivity index (χ3v) is 2.51. The zero-order valence-corrected chi connectivity index (χ0v) is 9.94. The summed E-state index contributed by atoms with van der Waals surface area (Å²) >= 11 is 0. The van der Waals surface area contributed by atoms with Crippen LogP contribution in [0.5, 0.6) is 0 Å². The second-order valence-corrected chi connectivity index (χ2v) is 3.88. The molecule has 19 heavy (non-hydrogen) atoms. The van der Waals surface area contributed by atoms with Gasteiger partial charge in [-0.1, -0.05) is 0 Å². The number of nitrogens with two attached hydrogens (primary N) is 1. The van der Waals surface area contributed by atoms with Crippen LogP contribution in [-0.2, 0) is 17.5 Å². The first-order valence-corrected chi connectivity index (χ1v) is 5.58. The van der Waals surface area contributed by atoms with Crippen LogP contribution in [-0.4, -0.2) is 52.3 Å². The maximum atomic E-state index is 12.3. The van der Waals surface area contributed by atoms with Crippen molar-refractivity contribution >= 4 is 5.96 Å². The Morgan fingerprint density at radius 3 is 2.68 bits per heavy atom. The summed E-state index contributed by atoms with van der Waals surface area (Å²) in [6, 6.07) is 0. The number of H-pyrrole nitrogens is 1. The van der Waals surface area contributed by atoms with Gasteiger partial charge in [-0.05, 0) is 0 Å². The maximum absolute atomic E-state index is 12.3. The Labute approximate surface area is 106 Å². The lowest BCUT2D eigenvalue weighted by Gasteiger charge is -2.27. The molecule has 0 saturated carbocycles. The van der Waals surface area contributed by atoms with Gasteiger partial charge in [0, 0.05) is 13.1 Å². The molecule has 7 nitrogen and oxygen atoms in total. The molecule has 1 fully saturated rings. The van der Waals surface area contributed by atoms with Gasteiger partial charge in [-0.3, -0.25) is 5.10 Å². The number of aliphatic imine (C=N–C) groups is 1. The lowest BCUT2D eigenvalue weighted by molar-refractivity contribution is -0.144. The lowest BCUT2D eigenvalue weighted by atomic mass is 10.4. The smallest absolute Gasteiger partial charge is 0.378 e. The van der Waals surface area contributed by atoms with Gasteiger partial charge >= 0.3 is 6.18 Å². The number of guanidine groups is 1. The predicted octanol–water partition coefficient (Wildman–Crippen LogP) is -0.0296. The van der Waals surface area contributed by atoms with Crippen LogP contribution in [0.4, 0.5) is 13.2 Å². The summed E-state index contributed by atoms with van der Waals surface area (Å²) in [4.78, 5) is 9.07. The predicted molar refractivity (Wildman–Crippen MR) is 59.1 cm³/mol. The summed E-state index contributed by atoms with van der Waals surface area (Å²) < 4.78 is 41.9. The lowest BCUT2D eigenvalue weighted by Crippen LogP contribution is -2.44. The monoisotopic (exact) mass is 278 g/mol. The SMILES string of the molecule is NC(=NCc1nc(C(F)(F)F)n[nH]1)N1CCOCC1. The number of nitrogens with one attached hydrogen (secondary N) is 1. The minimum absolute atomic E-state index is 0.0172. The van der Waals surface area contributed by atoms with Crippen LogP contribution in [0.1, 0.15) is 11.6 Å². The number of aromatic amines is 1. The molecule has 1 aliphatic rings. The van der Waals surface area contributed by atoms with E-state index in [1.807, 2.05) is 0 Å². The fourth-order valence-corrected chi connectivity index (χ4v) is 1.54. The molecular formula is C9H13F3N6O. The third-order valence-electron chi connectivity index (χ3n) is 2.51. The largest absolute Gasteiger partial charge is 0.453 e. The van der Waals surface area contributed by atoms with E-state index in [0.29, 0.717) is 26.3 Å². The Hall–Kier alpha value is -1.84. The highest BCUT2D eigenvalue weighted by molar-refractivity contribution is 5.78. The number of rotatable bonds is 2. The van der Waals surface area contributed by atoms with E-state index in [2.05, 4.69) is 20.2 Å². The molecule has 1 saturated heterocycles. The van der Waals surface area contributed by atoms with Crippen LogP contribution in [0.25, 0.3) is 0 Å². The van der Waals surface area contributed by atoms with E-state index in [1.165, 1.54) is 0 Å². The zero-order valence-electron chi connectivity index (χ0n) is 9.94. The second-order valence-electron chi connectivity index (χ2n) is 3.88. The van der Waals surface area contributed by atoms with Crippen molar-refractivity contribution in [1.29, 1.82) is 0 Å². The molecule has 0 radical (unpaired) electrons. The molecule has 0 aliphatic carbocycles. The minimum Gasteiger partial charge on any atom is -0.378 e. The van der Waals surface area contributed by atoms with Crippen molar-refractivity contribution < 1.29 is 17.9 Å². The summed E-state index contributed by atoms with van der Waals surface area (Å²) in [5, 5.41) is 5.26. The molecule has 1 aromatic heterocycles. The zero-order chi connectivity index (χ0) is 13.9. The van der Waals surface area contributed by atoms with Crippen LogP contribution in [0.15, 0.2) is 4.99 Å². The number of hydrogen-bond acceptors (Lipinski definition) is 4. The van der Waals surface area contributed by atoms with Crippen molar-refractivity contribution in [2.24, 2.45) is 10.7 Å². The van der Waals surface area contributed by atoms with Gasteiger partial charge in [-0.25, -0.2) is 9.98 Å². The van der Waals surface area contributed by atoms with Crippen molar-refractivity contribution in [3.8, 4) is 0 Å². The van der Waals surface area contributed by atoms with E-state index >= 15 is 0 Å². The fraction of sp³-hybridized carbons (Fsp3) is 0.667. The maximum Gasteiger partial charge on any atom is 0.453 e. The third kappa shape index (κ3) is 3.56.